The van der Waals surface area contributed by atoms with Gasteiger partial charge in [0.2, 0.25) is 0 Å². The number of nitrogens with zero attached hydrogens (tertiary/aromatic N) is 1. The second-order valence-electron chi connectivity index (χ2n) is 8.30. The van der Waals surface area contributed by atoms with Gasteiger partial charge in [-0.1, -0.05) is 31.9 Å². The summed E-state index contributed by atoms with van der Waals surface area (Å²) in [6.45, 7) is 3.74. The number of anilines is 1. The summed E-state index contributed by atoms with van der Waals surface area (Å²) < 4.78 is 12.9. The predicted octanol–water partition coefficient (Wildman–Crippen LogP) is 4.31. The van der Waals surface area contributed by atoms with Gasteiger partial charge in [-0.25, -0.2) is 0 Å². The number of rotatable bonds is 2. The van der Waals surface area contributed by atoms with Gasteiger partial charge in [-0.05, 0) is 50.2 Å². The third-order valence-electron chi connectivity index (χ3n) is 6.62. The number of hydrogen-bond donors (Lipinski definition) is 1. The fourth-order valence-corrected chi connectivity index (χ4v) is 6.00. The van der Waals surface area contributed by atoms with Crippen LogP contribution in [0.1, 0.15) is 35.8 Å². The number of esters is 1. The number of hydrogen-bond acceptors (Lipinski definition) is 5. The average molecular weight is 564 g/mol. The Morgan fingerprint density at radius 1 is 1.22 bits per heavy atom. The normalized spacial score (nSPS) is 27.9. The maximum absolute atomic E-state index is 14.0. The summed E-state index contributed by atoms with van der Waals surface area (Å²) in [7, 11) is 0. The third kappa shape index (κ3) is 2.94. The number of benzene rings is 2. The molecule has 1 saturated heterocycles. The van der Waals surface area contributed by atoms with Crippen LogP contribution in [0.5, 0.6) is 5.75 Å². The van der Waals surface area contributed by atoms with E-state index in [4.69, 9.17) is 9.47 Å². The summed E-state index contributed by atoms with van der Waals surface area (Å²) in [5, 5.41) is 2.88. The molecule has 0 bridgehead atoms. The van der Waals surface area contributed by atoms with E-state index in [0.29, 0.717) is 17.0 Å². The van der Waals surface area contributed by atoms with Crippen molar-refractivity contribution in [2.45, 2.75) is 25.4 Å². The van der Waals surface area contributed by atoms with E-state index in [2.05, 4.69) is 37.2 Å². The van der Waals surface area contributed by atoms with Crippen molar-refractivity contribution in [1.29, 1.82) is 0 Å². The van der Waals surface area contributed by atoms with Crippen molar-refractivity contribution in [3.8, 4) is 5.75 Å². The van der Waals surface area contributed by atoms with Crippen molar-refractivity contribution in [2.75, 3.05) is 18.5 Å². The largest absolute Gasteiger partial charge is 0.493 e. The van der Waals surface area contributed by atoms with Crippen molar-refractivity contribution in [1.82, 2.24) is 4.90 Å². The monoisotopic (exact) mass is 562 g/mol. The van der Waals surface area contributed by atoms with Crippen LogP contribution >= 0.6 is 31.9 Å². The van der Waals surface area contributed by atoms with Gasteiger partial charge < -0.3 is 19.7 Å². The molecule has 3 aliphatic heterocycles. The van der Waals surface area contributed by atoms with Crippen LogP contribution in [0, 0.1) is 11.8 Å². The molecule has 2 aromatic carbocycles. The number of halogens is 2. The van der Waals surface area contributed by atoms with Crippen LogP contribution in [-0.4, -0.2) is 41.4 Å². The zero-order valence-electron chi connectivity index (χ0n) is 17.4. The molecule has 3 aliphatic rings. The minimum atomic E-state index is -1.46. The Kier molecular flexibility index (Phi) is 5.09. The lowest BCUT2D eigenvalue weighted by molar-refractivity contribution is -0.155. The van der Waals surface area contributed by atoms with Gasteiger partial charge in [-0.2, -0.15) is 0 Å². The molecule has 0 aliphatic carbocycles. The van der Waals surface area contributed by atoms with Crippen LogP contribution in [0.3, 0.4) is 0 Å². The van der Waals surface area contributed by atoms with E-state index in [9.17, 15) is 14.4 Å². The lowest BCUT2D eigenvalue weighted by atomic mass is 9.77. The van der Waals surface area contributed by atoms with Crippen LogP contribution in [0.25, 0.3) is 0 Å². The van der Waals surface area contributed by atoms with E-state index in [0.717, 1.165) is 14.5 Å². The van der Waals surface area contributed by atoms with E-state index in [1.807, 2.05) is 18.2 Å². The molecule has 4 atom stereocenters. The quantitative estimate of drug-likeness (QED) is 0.550. The van der Waals surface area contributed by atoms with Crippen LogP contribution in [-0.2, 0) is 14.3 Å². The highest BCUT2D eigenvalue weighted by molar-refractivity contribution is 9.10. The Hall–Kier alpha value is -2.39. The molecule has 0 spiro atoms. The minimum Gasteiger partial charge on any atom is -0.493 e. The summed E-state index contributed by atoms with van der Waals surface area (Å²) in [4.78, 5) is 42.5. The lowest BCUT2D eigenvalue weighted by Gasteiger charge is -2.38. The Morgan fingerprint density at radius 2 is 1.94 bits per heavy atom. The van der Waals surface area contributed by atoms with Crippen LogP contribution in [0.4, 0.5) is 5.69 Å². The predicted molar refractivity (Wildman–Crippen MR) is 123 cm³/mol. The maximum atomic E-state index is 14.0. The van der Waals surface area contributed by atoms with Gasteiger partial charge in [0.15, 0.2) is 0 Å². The van der Waals surface area contributed by atoms with E-state index in [1.54, 1.807) is 36.9 Å². The standard InChI is InChI=1S/C23H20Br2N2O5/c1-3-31-21(29)18-15-10-32-17-7-5-12(25)9-14(17)19(15)27-20(28)13-8-11(24)4-6-16(13)26-22(30)23(18,27)2/h4-9,15,18-19H,3,10H2,1-2H3,(H,26,30)/t15-,18-,19+,23-/m1/s1. The minimum absolute atomic E-state index is 0.175. The summed E-state index contributed by atoms with van der Waals surface area (Å²) in [5.41, 5.74) is 0.0766. The summed E-state index contributed by atoms with van der Waals surface area (Å²) >= 11 is 6.92. The van der Waals surface area contributed by atoms with E-state index in [1.165, 1.54) is 0 Å². The number of fused-ring (bicyclic) bond motifs is 6. The average Bonchev–Trinajstić information content (AvgIpc) is 3.00. The fraction of sp³-hybridized carbons (Fsp3) is 0.348. The molecule has 9 heteroatoms. The summed E-state index contributed by atoms with van der Waals surface area (Å²) in [6.07, 6.45) is 0. The number of carbonyl (C=O) groups is 3. The van der Waals surface area contributed by atoms with E-state index < -0.39 is 35.3 Å². The van der Waals surface area contributed by atoms with Crippen molar-refractivity contribution < 1.29 is 23.9 Å². The second-order valence-corrected chi connectivity index (χ2v) is 10.1. The highest BCUT2D eigenvalue weighted by Gasteiger charge is 2.67. The molecule has 0 aromatic heterocycles. The Morgan fingerprint density at radius 3 is 2.69 bits per heavy atom. The van der Waals surface area contributed by atoms with Crippen LogP contribution in [0.2, 0.25) is 0 Å². The SMILES string of the molecule is CCOC(=O)[C@H]1[C@H]2COc3ccc(Br)cc3[C@@H]2N2C(=O)c3cc(Br)ccc3NC(=O)[C@@]12C. The fourth-order valence-electron chi connectivity index (χ4n) is 5.26. The highest BCUT2D eigenvalue weighted by atomic mass is 79.9. The Bertz CT molecular complexity index is 1170. The van der Waals surface area contributed by atoms with Gasteiger partial charge >= 0.3 is 5.97 Å². The van der Waals surface area contributed by atoms with Crippen molar-refractivity contribution >= 4 is 55.3 Å². The molecular weight excluding hydrogens is 544 g/mol. The molecule has 5 rings (SSSR count). The highest BCUT2D eigenvalue weighted by Crippen LogP contribution is 2.57. The molecule has 0 saturated carbocycles. The Balaban J connectivity index is 1.77. The molecular formula is C23H20Br2N2O5. The first-order valence-corrected chi connectivity index (χ1v) is 11.9. The lowest BCUT2D eigenvalue weighted by Crippen LogP contribution is -2.57. The molecule has 2 amide bonds. The molecule has 166 valence electrons. The summed E-state index contributed by atoms with van der Waals surface area (Å²) in [6, 6.07) is 10.2. The molecule has 32 heavy (non-hydrogen) atoms. The van der Waals surface area contributed by atoms with Crippen molar-refractivity contribution in [3.63, 3.8) is 0 Å². The molecule has 3 heterocycles. The van der Waals surface area contributed by atoms with Gasteiger partial charge in [0, 0.05) is 20.4 Å². The number of ether oxygens (including phenoxy) is 2. The molecule has 0 radical (unpaired) electrons. The number of amides is 2. The van der Waals surface area contributed by atoms with Crippen molar-refractivity contribution in [3.05, 3.63) is 56.5 Å². The van der Waals surface area contributed by atoms with Crippen molar-refractivity contribution in [2.24, 2.45) is 11.8 Å². The van der Waals surface area contributed by atoms with Gasteiger partial charge in [-0.3, -0.25) is 14.4 Å². The molecule has 1 N–H and O–H groups in total. The first-order chi connectivity index (χ1) is 15.3. The van der Waals surface area contributed by atoms with Gasteiger partial charge in [-0.15, -0.1) is 0 Å². The third-order valence-corrected chi connectivity index (χ3v) is 7.61. The number of carbonyl (C=O) groups excluding carboxylic acids is 3. The zero-order chi connectivity index (χ0) is 22.8. The van der Waals surface area contributed by atoms with Gasteiger partial charge in [0.25, 0.3) is 11.8 Å². The zero-order valence-corrected chi connectivity index (χ0v) is 20.5. The van der Waals surface area contributed by atoms with Gasteiger partial charge in [0.1, 0.15) is 11.3 Å². The van der Waals surface area contributed by atoms with E-state index in [-0.39, 0.29) is 19.1 Å². The van der Waals surface area contributed by atoms with Crippen LogP contribution in [0.15, 0.2) is 45.3 Å². The van der Waals surface area contributed by atoms with Gasteiger partial charge in [0.05, 0.1) is 36.4 Å². The smallest absolute Gasteiger partial charge is 0.312 e. The maximum Gasteiger partial charge on any atom is 0.312 e. The van der Waals surface area contributed by atoms with E-state index >= 15 is 0 Å². The molecule has 7 nitrogen and oxygen atoms in total. The molecule has 0 unspecified atom stereocenters. The topological polar surface area (TPSA) is 84.9 Å². The molecule has 2 aromatic rings. The van der Waals surface area contributed by atoms with Crippen LogP contribution < -0.4 is 10.1 Å². The molecule has 1 fully saturated rings. The number of nitrogens with one attached hydrogen (secondary N) is 1. The Labute approximate surface area is 201 Å². The first-order valence-electron chi connectivity index (χ1n) is 10.3. The summed E-state index contributed by atoms with van der Waals surface area (Å²) in [5.74, 6) is -1.95. The second kappa shape index (κ2) is 7.59. The first kappa shape index (κ1) is 21.5.